The first-order valence-electron chi connectivity index (χ1n) is 7.10. The Hall–Kier alpha value is -0.340. The van der Waals surface area contributed by atoms with Crippen molar-refractivity contribution < 1.29 is 0 Å². The van der Waals surface area contributed by atoms with Gasteiger partial charge in [-0.15, -0.1) is 11.3 Å². The lowest BCUT2D eigenvalue weighted by molar-refractivity contribution is 0.255. The molecule has 1 N–H and O–H groups in total. The van der Waals surface area contributed by atoms with Crippen molar-refractivity contribution in [2.24, 2.45) is 5.92 Å². The topological polar surface area (TPSA) is 12.0 Å². The van der Waals surface area contributed by atoms with Crippen molar-refractivity contribution in [2.75, 3.05) is 0 Å². The minimum Gasteiger partial charge on any atom is -0.306 e. The molecule has 1 nitrogen and oxygen atoms in total. The van der Waals surface area contributed by atoms with E-state index in [1.807, 2.05) is 11.3 Å². The second-order valence-electron chi connectivity index (χ2n) is 5.39. The third kappa shape index (κ3) is 3.56. The summed E-state index contributed by atoms with van der Waals surface area (Å²) in [5.41, 5.74) is 0. The van der Waals surface area contributed by atoms with E-state index in [0.29, 0.717) is 6.04 Å². The Morgan fingerprint density at radius 1 is 1.41 bits per heavy atom. The highest BCUT2D eigenvalue weighted by atomic mass is 32.1. The minimum absolute atomic E-state index is 0.588. The number of nitrogens with one attached hydrogen (secondary N) is 1. The van der Waals surface area contributed by atoms with E-state index in [2.05, 4.69) is 36.7 Å². The Labute approximate surface area is 110 Å². The third-order valence-corrected chi connectivity index (χ3v) is 4.98. The van der Waals surface area contributed by atoms with Crippen LogP contribution in [-0.4, -0.2) is 6.04 Å². The second kappa shape index (κ2) is 6.55. The van der Waals surface area contributed by atoms with Gasteiger partial charge >= 0.3 is 0 Å². The van der Waals surface area contributed by atoms with Gasteiger partial charge in [-0.3, -0.25) is 0 Å². The van der Waals surface area contributed by atoms with Gasteiger partial charge < -0.3 is 5.32 Å². The molecule has 1 aliphatic rings. The third-order valence-electron chi connectivity index (χ3n) is 3.99. The fourth-order valence-corrected chi connectivity index (χ4v) is 3.73. The van der Waals surface area contributed by atoms with E-state index in [0.717, 1.165) is 12.0 Å². The van der Waals surface area contributed by atoms with Crippen LogP contribution in [0.15, 0.2) is 17.5 Å². The van der Waals surface area contributed by atoms with Gasteiger partial charge in [0.2, 0.25) is 0 Å². The van der Waals surface area contributed by atoms with Crippen LogP contribution in [0.2, 0.25) is 0 Å². The first kappa shape index (κ1) is 13.1. The molecule has 2 heteroatoms. The predicted octanol–water partition coefficient (Wildman–Crippen LogP) is 4.76. The molecule has 3 atom stereocenters. The molecule has 0 aromatic carbocycles. The Balaban J connectivity index is 1.97. The van der Waals surface area contributed by atoms with Crippen molar-refractivity contribution in [3.63, 3.8) is 0 Å². The molecule has 1 saturated carbocycles. The van der Waals surface area contributed by atoms with E-state index >= 15 is 0 Å². The molecular formula is C15H25NS. The molecule has 2 rings (SSSR count). The molecule has 1 heterocycles. The SMILES string of the molecule is CCCC(NC1CCCCC1C)c1cccs1. The summed E-state index contributed by atoms with van der Waals surface area (Å²) in [7, 11) is 0. The van der Waals surface area contributed by atoms with Gasteiger partial charge in [-0.2, -0.15) is 0 Å². The highest BCUT2D eigenvalue weighted by molar-refractivity contribution is 7.10. The van der Waals surface area contributed by atoms with Crippen LogP contribution in [-0.2, 0) is 0 Å². The Morgan fingerprint density at radius 3 is 2.88 bits per heavy atom. The lowest BCUT2D eigenvalue weighted by Gasteiger charge is -2.33. The van der Waals surface area contributed by atoms with Gasteiger partial charge in [-0.05, 0) is 36.6 Å². The summed E-state index contributed by atoms with van der Waals surface area (Å²) in [6.07, 6.45) is 8.14. The quantitative estimate of drug-likeness (QED) is 0.795. The Morgan fingerprint density at radius 2 is 2.24 bits per heavy atom. The van der Waals surface area contributed by atoms with Gasteiger partial charge in [-0.25, -0.2) is 0 Å². The number of thiophene rings is 1. The summed E-state index contributed by atoms with van der Waals surface area (Å²) < 4.78 is 0. The molecule has 0 aliphatic heterocycles. The van der Waals surface area contributed by atoms with Crippen molar-refractivity contribution in [3.8, 4) is 0 Å². The summed E-state index contributed by atoms with van der Waals surface area (Å²) in [5.74, 6) is 0.850. The van der Waals surface area contributed by atoms with Crippen molar-refractivity contribution in [1.82, 2.24) is 5.32 Å². The molecule has 1 aromatic heterocycles. The first-order valence-corrected chi connectivity index (χ1v) is 7.98. The van der Waals surface area contributed by atoms with Crippen molar-refractivity contribution in [2.45, 2.75) is 64.5 Å². The second-order valence-corrected chi connectivity index (χ2v) is 6.37. The zero-order valence-electron chi connectivity index (χ0n) is 11.1. The van der Waals surface area contributed by atoms with E-state index in [9.17, 15) is 0 Å². The van der Waals surface area contributed by atoms with Crippen LogP contribution < -0.4 is 5.32 Å². The molecule has 1 fully saturated rings. The maximum Gasteiger partial charge on any atom is 0.0416 e. The summed E-state index contributed by atoms with van der Waals surface area (Å²) in [5, 5.41) is 6.12. The average Bonchev–Trinajstić information content (AvgIpc) is 2.85. The fourth-order valence-electron chi connectivity index (χ4n) is 2.91. The molecular weight excluding hydrogens is 226 g/mol. The lowest BCUT2D eigenvalue weighted by Crippen LogP contribution is -2.39. The van der Waals surface area contributed by atoms with Crippen LogP contribution in [0.25, 0.3) is 0 Å². The number of hydrogen-bond acceptors (Lipinski definition) is 2. The van der Waals surface area contributed by atoms with Gasteiger partial charge in [0.1, 0.15) is 0 Å². The normalized spacial score (nSPS) is 26.9. The molecule has 0 saturated heterocycles. The molecule has 0 spiro atoms. The molecule has 96 valence electrons. The van der Waals surface area contributed by atoms with Gasteiger partial charge in [0.05, 0.1) is 0 Å². The molecule has 17 heavy (non-hydrogen) atoms. The van der Waals surface area contributed by atoms with Gasteiger partial charge in [0.15, 0.2) is 0 Å². The molecule has 0 radical (unpaired) electrons. The standard InChI is InChI=1S/C15H25NS/c1-3-7-14(15-10-6-11-17-15)16-13-9-5-4-8-12(13)2/h6,10-14,16H,3-5,7-9H2,1-2H3. The van der Waals surface area contributed by atoms with Crippen LogP contribution in [0, 0.1) is 5.92 Å². The van der Waals surface area contributed by atoms with Gasteiger partial charge in [0.25, 0.3) is 0 Å². The van der Waals surface area contributed by atoms with Crippen LogP contribution in [0.4, 0.5) is 0 Å². The van der Waals surface area contributed by atoms with Crippen LogP contribution in [0.5, 0.6) is 0 Å². The van der Waals surface area contributed by atoms with E-state index in [1.165, 1.54) is 43.4 Å². The molecule has 1 aliphatic carbocycles. The van der Waals surface area contributed by atoms with Crippen LogP contribution in [0.3, 0.4) is 0 Å². The van der Waals surface area contributed by atoms with Crippen LogP contribution >= 0.6 is 11.3 Å². The average molecular weight is 251 g/mol. The van der Waals surface area contributed by atoms with Crippen LogP contribution in [0.1, 0.15) is 63.3 Å². The summed E-state index contributed by atoms with van der Waals surface area (Å²) in [6.45, 7) is 4.70. The zero-order chi connectivity index (χ0) is 12.1. The number of rotatable bonds is 5. The van der Waals surface area contributed by atoms with Gasteiger partial charge in [-0.1, -0.05) is 39.2 Å². The summed E-state index contributed by atoms with van der Waals surface area (Å²) in [6, 6.07) is 5.79. The Bertz CT molecular complexity index is 307. The van der Waals surface area contributed by atoms with E-state index in [-0.39, 0.29) is 0 Å². The van der Waals surface area contributed by atoms with E-state index in [1.54, 1.807) is 0 Å². The van der Waals surface area contributed by atoms with Crippen molar-refractivity contribution >= 4 is 11.3 Å². The molecule has 1 aromatic rings. The lowest BCUT2D eigenvalue weighted by atomic mass is 9.85. The first-order chi connectivity index (χ1) is 8.31. The molecule has 0 amide bonds. The Kier molecular flexibility index (Phi) is 5.05. The molecule has 0 bridgehead atoms. The summed E-state index contributed by atoms with van der Waals surface area (Å²) >= 11 is 1.90. The smallest absolute Gasteiger partial charge is 0.0416 e. The van der Waals surface area contributed by atoms with E-state index in [4.69, 9.17) is 0 Å². The van der Waals surface area contributed by atoms with Crippen molar-refractivity contribution in [1.29, 1.82) is 0 Å². The highest BCUT2D eigenvalue weighted by Gasteiger charge is 2.24. The molecule has 3 unspecified atom stereocenters. The fraction of sp³-hybridized carbons (Fsp3) is 0.733. The maximum atomic E-state index is 3.92. The van der Waals surface area contributed by atoms with Gasteiger partial charge in [0, 0.05) is 17.0 Å². The maximum absolute atomic E-state index is 3.92. The largest absolute Gasteiger partial charge is 0.306 e. The zero-order valence-corrected chi connectivity index (χ0v) is 11.9. The van der Waals surface area contributed by atoms with Crippen molar-refractivity contribution in [3.05, 3.63) is 22.4 Å². The predicted molar refractivity (Wildman–Crippen MR) is 76.5 cm³/mol. The monoisotopic (exact) mass is 251 g/mol. The van der Waals surface area contributed by atoms with E-state index < -0.39 is 0 Å². The number of hydrogen-bond donors (Lipinski definition) is 1. The highest BCUT2D eigenvalue weighted by Crippen LogP contribution is 2.29. The summed E-state index contributed by atoms with van der Waals surface area (Å²) in [4.78, 5) is 1.52. The minimum atomic E-state index is 0.588.